The molecule has 6 heteroatoms. The summed E-state index contributed by atoms with van der Waals surface area (Å²) in [5.41, 5.74) is -1.20. The highest BCUT2D eigenvalue weighted by molar-refractivity contribution is 5.97. The Labute approximate surface area is 109 Å². The summed E-state index contributed by atoms with van der Waals surface area (Å²) in [6.45, 7) is 1.63. The van der Waals surface area contributed by atoms with Crippen LogP contribution in [0.1, 0.15) is 35.2 Å². The third-order valence-corrected chi connectivity index (χ3v) is 3.36. The second-order valence-corrected chi connectivity index (χ2v) is 4.74. The number of carbonyl (C=O) groups is 1. The molecule has 104 valence electrons. The van der Waals surface area contributed by atoms with Crippen LogP contribution in [-0.2, 0) is 6.18 Å². The van der Waals surface area contributed by atoms with Crippen LogP contribution in [0.15, 0.2) is 18.5 Å². The van der Waals surface area contributed by atoms with Gasteiger partial charge in [-0.2, -0.15) is 13.2 Å². The number of rotatable bonds is 3. The van der Waals surface area contributed by atoms with Crippen LogP contribution in [0.25, 0.3) is 0 Å². The Morgan fingerprint density at radius 3 is 2.68 bits per heavy atom. The van der Waals surface area contributed by atoms with E-state index in [1.807, 2.05) is 0 Å². The van der Waals surface area contributed by atoms with Crippen molar-refractivity contribution in [2.24, 2.45) is 5.92 Å². The molecule has 0 atom stereocenters. The summed E-state index contributed by atoms with van der Waals surface area (Å²) >= 11 is 0. The maximum atomic E-state index is 12.8. The highest BCUT2D eigenvalue weighted by atomic mass is 19.4. The second kappa shape index (κ2) is 5.69. The average Bonchev–Trinajstić information content (AvgIpc) is 2.39. The number of halogens is 3. The van der Waals surface area contributed by atoms with E-state index in [9.17, 15) is 18.0 Å². The van der Waals surface area contributed by atoms with Crippen molar-refractivity contribution >= 4 is 5.78 Å². The van der Waals surface area contributed by atoms with Crippen LogP contribution in [0, 0.1) is 5.92 Å². The molecule has 1 aliphatic rings. The van der Waals surface area contributed by atoms with Crippen molar-refractivity contribution in [2.75, 3.05) is 13.1 Å². The van der Waals surface area contributed by atoms with E-state index in [0.717, 1.165) is 44.4 Å². The molecule has 1 aromatic rings. The molecule has 1 N–H and O–H groups in total. The number of ketones is 1. The van der Waals surface area contributed by atoms with E-state index in [1.165, 1.54) is 0 Å². The first kappa shape index (κ1) is 14.0. The van der Waals surface area contributed by atoms with Gasteiger partial charge in [-0.3, -0.25) is 9.78 Å². The molecule has 0 amide bonds. The molecule has 2 heterocycles. The van der Waals surface area contributed by atoms with Gasteiger partial charge in [0.2, 0.25) is 0 Å². The van der Waals surface area contributed by atoms with Crippen LogP contribution >= 0.6 is 0 Å². The van der Waals surface area contributed by atoms with E-state index >= 15 is 0 Å². The third kappa shape index (κ3) is 3.53. The molecule has 1 aromatic heterocycles. The van der Waals surface area contributed by atoms with Crippen LogP contribution in [0.2, 0.25) is 0 Å². The largest absolute Gasteiger partial charge is 0.417 e. The number of hydrogen-bond donors (Lipinski definition) is 1. The van der Waals surface area contributed by atoms with Crippen LogP contribution in [0.4, 0.5) is 13.2 Å². The minimum Gasteiger partial charge on any atom is -0.317 e. The quantitative estimate of drug-likeness (QED) is 0.860. The lowest BCUT2D eigenvalue weighted by atomic mass is 9.90. The van der Waals surface area contributed by atoms with Gasteiger partial charge in [0, 0.05) is 24.4 Å². The van der Waals surface area contributed by atoms with Crippen molar-refractivity contribution < 1.29 is 18.0 Å². The predicted molar refractivity (Wildman–Crippen MR) is 63.8 cm³/mol. The van der Waals surface area contributed by atoms with Crippen LogP contribution < -0.4 is 5.32 Å². The number of piperidine rings is 1. The van der Waals surface area contributed by atoms with Gasteiger partial charge in [-0.1, -0.05) is 0 Å². The highest BCUT2D eigenvalue weighted by Crippen LogP contribution is 2.32. The first-order chi connectivity index (χ1) is 8.98. The van der Waals surface area contributed by atoms with E-state index < -0.39 is 17.5 Å². The molecule has 0 aliphatic carbocycles. The van der Waals surface area contributed by atoms with E-state index in [1.54, 1.807) is 0 Å². The summed E-state index contributed by atoms with van der Waals surface area (Å²) < 4.78 is 38.4. The number of alkyl halides is 3. The Morgan fingerprint density at radius 1 is 1.37 bits per heavy atom. The number of hydrogen-bond acceptors (Lipinski definition) is 3. The summed E-state index contributed by atoms with van der Waals surface area (Å²) in [5.74, 6) is -0.303. The van der Waals surface area contributed by atoms with Crippen molar-refractivity contribution in [3.8, 4) is 0 Å². The van der Waals surface area contributed by atoms with E-state index in [4.69, 9.17) is 0 Å². The van der Waals surface area contributed by atoms with Gasteiger partial charge in [-0.15, -0.1) is 0 Å². The van der Waals surface area contributed by atoms with Crippen LogP contribution in [-0.4, -0.2) is 23.9 Å². The molecule has 0 bridgehead atoms. The van der Waals surface area contributed by atoms with Gasteiger partial charge in [-0.05, 0) is 37.9 Å². The van der Waals surface area contributed by atoms with E-state index in [0.29, 0.717) is 0 Å². The lowest BCUT2D eigenvalue weighted by Gasteiger charge is -2.22. The molecule has 0 unspecified atom stereocenters. The maximum Gasteiger partial charge on any atom is 0.417 e. The smallest absolute Gasteiger partial charge is 0.317 e. The summed E-state index contributed by atoms with van der Waals surface area (Å²) in [6.07, 6.45) is -0.615. The molecular weight excluding hydrogens is 257 g/mol. The van der Waals surface area contributed by atoms with Gasteiger partial charge < -0.3 is 5.32 Å². The topological polar surface area (TPSA) is 42.0 Å². The Balaban J connectivity index is 2.14. The minimum atomic E-state index is -4.51. The highest BCUT2D eigenvalue weighted by Gasteiger charge is 2.35. The summed E-state index contributed by atoms with van der Waals surface area (Å²) in [5, 5.41) is 3.16. The number of carbonyl (C=O) groups excluding carboxylic acids is 1. The maximum absolute atomic E-state index is 12.8. The standard InChI is InChI=1S/C13H15F3N2O/c14-13(15,16)11-3-6-18-8-10(11)12(19)7-9-1-4-17-5-2-9/h3,6,8-9,17H,1-2,4-5,7H2. The second-order valence-electron chi connectivity index (χ2n) is 4.74. The fourth-order valence-corrected chi connectivity index (χ4v) is 2.32. The molecule has 19 heavy (non-hydrogen) atoms. The zero-order valence-electron chi connectivity index (χ0n) is 10.3. The van der Waals surface area contributed by atoms with Crippen molar-refractivity contribution in [3.63, 3.8) is 0 Å². The molecule has 0 saturated carbocycles. The monoisotopic (exact) mass is 272 g/mol. The van der Waals surface area contributed by atoms with Crippen molar-refractivity contribution in [3.05, 3.63) is 29.6 Å². The van der Waals surface area contributed by atoms with Crippen molar-refractivity contribution in [2.45, 2.75) is 25.4 Å². The Kier molecular flexibility index (Phi) is 4.19. The molecule has 0 aromatic carbocycles. The SMILES string of the molecule is O=C(CC1CCNCC1)c1cnccc1C(F)(F)F. The Morgan fingerprint density at radius 2 is 2.05 bits per heavy atom. The summed E-state index contributed by atoms with van der Waals surface area (Å²) in [7, 11) is 0. The predicted octanol–water partition coefficient (Wildman–Crippen LogP) is 2.67. The average molecular weight is 272 g/mol. The zero-order chi connectivity index (χ0) is 13.9. The zero-order valence-corrected chi connectivity index (χ0v) is 10.3. The molecule has 2 rings (SSSR count). The van der Waals surface area contributed by atoms with Gasteiger partial charge in [-0.25, -0.2) is 0 Å². The fourth-order valence-electron chi connectivity index (χ4n) is 2.32. The molecular formula is C13H15F3N2O. The number of nitrogens with zero attached hydrogens (tertiary/aromatic N) is 1. The van der Waals surface area contributed by atoms with Gasteiger partial charge in [0.1, 0.15) is 0 Å². The molecule has 0 radical (unpaired) electrons. The number of pyridine rings is 1. The van der Waals surface area contributed by atoms with E-state index in [-0.39, 0.29) is 17.9 Å². The van der Waals surface area contributed by atoms with Gasteiger partial charge >= 0.3 is 6.18 Å². The molecule has 1 aliphatic heterocycles. The van der Waals surface area contributed by atoms with Gasteiger partial charge in [0.05, 0.1) is 5.56 Å². The van der Waals surface area contributed by atoms with E-state index in [2.05, 4.69) is 10.3 Å². The van der Waals surface area contributed by atoms with Gasteiger partial charge in [0.25, 0.3) is 0 Å². The third-order valence-electron chi connectivity index (χ3n) is 3.36. The minimum absolute atomic E-state index is 0.162. The van der Waals surface area contributed by atoms with Crippen LogP contribution in [0.5, 0.6) is 0 Å². The van der Waals surface area contributed by atoms with Crippen molar-refractivity contribution in [1.29, 1.82) is 0 Å². The Bertz CT molecular complexity index is 453. The summed E-state index contributed by atoms with van der Waals surface area (Å²) in [4.78, 5) is 15.7. The van der Waals surface area contributed by atoms with Gasteiger partial charge in [0.15, 0.2) is 5.78 Å². The first-order valence-corrected chi connectivity index (χ1v) is 6.23. The molecule has 1 fully saturated rings. The fraction of sp³-hybridized carbons (Fsp3) is 0.538. The number of nitrogens with one attached hydrogen (secondary N) is 1. The molecule has 3 nitrogen and oxygen atoms in total. The lowest BCUT2D eigenvalue weighted by molar-refractivity contribution is -0.138. The Hall–Kier alpha value is -1.43. The first-order valence-electron chi connectivity index (χ1n) is 6.23. The lowest BCUT2D eigenvalue weighted by Crippen LogP contribution is -2.29. The summed E-state index contributed by atoms with van der Waals surface area (Å²) in [6, 6.07) is 0.857. The van der Waals surface area contributed by atoms with Crippen LogP contribution in [0.3, 0.4) is 0 Å². The van der Waals surface area contributed by atoms with Crippen molar-refractivity contribution in [1.82, 2.24) is 10.3 Å². The molecule has 1 saturated heterocycles. The number of Topliss-reactive ketones (excluding diaryl/α,β-unsaturated/α-hetero) is 1. The normalized spacial score (nSPS) is 17.4. The molecule has 0 spiro atoms. The number of aromatic nitrogens is 1.